The summed E-state index contributed by atoms with van der Waals surface area (Å²) in [6, 6.07) is 10.1. The van der Waals surface area contributed by atoms with E-state index in [4.69, 9.17) is 0 Å². The fourth-order valence-corrected chi connectivity index (χ4v) is 1.61. The molecule has 0 aliphatic carbocycles. The standard InChI is InChI=1S/C13H16O/c1-3-7-13(10-11(2)14)12-8-5-4-6-9-12/h3-6,8-9,13H,1,7,10H2,2H3. The van der Waals surface area contributed by atoms with Crippen LogP contribution in [0.15, 0.2) is 43.0 Å². The van der Waals surface area contributed by atoms with Gasteiger partial charge in [0, 0.05) is 6.42 Å². The van der Waals surface area contributed by atoms with Gasteiger partial charge in [-0.05, 0) is 24.8 Å². The third-order valence-corrected chi connectivity index (χ3v) is 2.26. The van der Waals surface area contributed by atoms with Gasteiger partial charge < -0.3 is 4.79 Å². The summed E-state index contributed by atoms with van der Waals surface area (Å²) in [7, 11) is 0. The van der Waals surface area contributed by atoms with Crippen molar-refractivity contribution in [3.05, 3.63) is 48.6 Å². The summed E-state index contributed by atoms with van der Waals surface area (Å²) in [5, 5.41) is 0. The average molecular weight is 188 g/mol. The van der Waals surface area contributed by atoms with Gasteiger partial charge in [0.05, 0.1) is 0 Å². The Labute approximate surface area is 85.5 Å². The second kappa shape index (κ2) is 5.38. The Balaban J connectivity index is 2.77. The van der Waals surface area contributed by atoms with Crippen molar-refractivity contribution in [3.63, 3.8) is 0 Å². The van der Waals surface area contributed by atoms with Crippen LogP contribution in [0.25, 0.3) is 0 Å². The van der Waals surface area contributed by atoms with Gasteiger partial charge in [0.1, 0.15) is 5.78 Å². The largest absolute Gasteiger partial charge is 0.300 e. The summed E-state index contributed by atoms with van der Waals surface area (Å²) in [6.07, 6.45) is 3.35. The number of benzene rings is 1. The molecule has 1 aromatic carbocycles. The SMILES string of the molecule is C=CCC(CC(C)=O)c1ccccc1. The molecule has 0 heterocycles. The van der Waals surface area contributed by atoms with Crippen LogP contribution in [0.1, 0.15) is 31.2 Å². The predicted molar refractivity (Wildman–Crippen MR) is 59.3 cm³/mol. The number of hydrogen-bond donors (Lipinski definition) is 0. The van der Waals surface area contributed by atoms with Crippen LogP contribution in [0, 0.1) is 0 Å². The molecule has 1 nitrogen and oxygen atoms in total. The van der Waals surface area contributed by atoms with Gasteiger partial charge in [-0.2, -0.15) is 0 Å². The number of Topliss-reactive ketones (excluding diaryl/α,β-unsaturated/α-hetero) is 1. The van der Waals surface area contributed by atoms with Crippen LogP contribution in [0.2, 0.25) is 0 Å². The minimum absolute atomic E-state index is 0.237. The molecule has 1 rings (SSSR count). The molecule has 1 heteroatoms. The smallest absolute Gasteiger partial charge is 0.130 e. The number of carbonyl (C=O) groups is 1. The molecule has 1 unspecified atom stereocenters. The molecule has 1 atom stereocenters. The van der Waals surface area contributed by atoms with Crippen molar-refractivity contribution in [1.29, 1.82) is 0 Å². The highest BCUT2D eigenvalue weighted by Crippen LogP contribution is 2.23. The minimum Gasteiger partial charge on any atom is -0.300 e. The Morgan fingerprint density at radius 3 is 2.57 bits per heavy atom. The molecule has 0 saturated carbocycles. The second-order valence-electron chi connectivity index (χ2n) is 3.54. The van der Waals surface area contributed by atoms with Crippen molar-refractivity contribution >= 4 is 5.78 Å². The van der Waals surface area contributed by atoms with Crippen LogP contribution in [0.4, 0.5) is 0 Å². The first-order valence-corrected chi connectivity index (χ1v) is 4.89. The molecular formula is C13H16O. The summed E-state index contributed by atoms with van der Waals surface area (Å²) in [5.74, 6) is 0.534. The van der Waals surface area contributed by atoms with E-state index in [1.165, 1.54) is 5.56 Å². The van der Waals surface area contributed by atoms with Crippen LogP contribution in [-0.4, -0.2) is 5.78 Å². The number of hydrogen-bond acceptors (Lipinski definition) is 1. The zero-order valence-electron chi connectivity index (χ0n) is 8.57. The first-order chi connectivity index (χ1) is 6.74. The van der Waals surface area contributed by atoms with Crippen LogP contribution in [0.5, 0.6) is 0 Å². The molecule has 0 fully saturated rings. The minimum atomic E-state index is 0.237. The molecule has 0 aliphatic rings. The van der Waals surface area contributed by atoms with Crippen molar-refractivity contribution in [2.45, 2.75) is 25.7 Å². The normalized spacial score (nSPS) is 12.1. The number of ketones is 1. The first-order valence-electron chi connectivity index (χ1n) is 4.89. The van der Waals surface area contributed by atoms with Crippen molar-refractivity contribution in [2.75, 3.05) is 0 Å². The molecular weight excluding hydrogens is 172 g/mol. The molecule has 0 spiro atoms. The fraction of sp³-hybridized carbons (Fsp3) is 0.308. The quantitative estimate of drug-likeness (QED) is 0.648. The molecule has 0 bridgehead atoms. The lowest BCUT2D eigenvalue weighted by Gasteiger charge is -2.13. The van der Waals surface area contributed by atoms with Crippen LogP contribution < -0.4 is 0 Å². The zero-order chi connectivity index (χ0) is 10.4. The van der Waals surface area contributed by atoms with E-state index < -0.39 is 0 Å². The molecule has 0 aliphatic heterocycles. The van der Waals surface area contributed by atoms with Crippen molar-refractivity contribution < 1.29 is 4.79 Å². The Morgan fingerprint density at radius 2 is 2.07 bits per heavy atom. The fourth-order valence-electron chi connectivity index (χ4n) is 1.61. The van der Waals surface area contributed by atoms with E-state index in [2.05, 4.69) is 18.7 Å². The lowest BCUT2D eigenvalue weighted by atomic mass is 9.91. The molecule has 0 saturated heterocycles. The molecule has 74 valence electrons. The second-order valence-corrected chi connectivity index (χ2v) is 3.54. The van der Waals surface area contributed by atoms with E-state index in [1.807, 2.05) is 24.3 Å². The lowest BCUT2D eigenvalue weighted by Crippen LogP contribution is -2.03. The average Bonchev–Trinajstić information content (AvgIpc) is 2.18. The van der Waals surface area contributed by atoms with Gasteiger partial charge in [0.15, 0.2) is 0 Å². The maximum absolute atomic E-state index is 11.1. The predicted octanol–water partition coefficient (Wildman–Crippen LogP) is 3.33. The number of rotatable bonds is 5. The summed E-state index contributed by atoms with van der Waals surface area (Å²) in [5.41, 5.74) is 1.22. The van der Waals surface area contributed by atoms with E-state index in [0.29, 0.717) is 12.3 Å². The highest BCUT2D eigenvalue weighted by molar-refractivity contribution is 5.76. The molecule has 0 N–H and O–H groups in total. The Hall–Kier alpha value is -1.37. The van der Waals surface area contributed by atoms with E-state index in [0.717, 1.165) is 6.42 Å². The summed E-state index contributed by atoms with van der Waals surface area (Å²) in [6.45, 7) is 5.36. The monoisotopic (exact) mass is 188 g/mol. The Morgan fingerprint density at radius 1 is 1.43 bits per heavy atom. The van der Waals surface area contributed by atoms with E-state index in [-0.39, 0.29) is 5.78 Å². The number of allylic oxidation sites excluding steroid dienone is 1. The maximum Gasteiger partial charge on any atom is 0.130 e. The zero-order valence-corrected chi connectivity index (χ0v) is 8.57. The maximum atomic E-state index is 11.1. The van der Waals surface area contributed by atoms with Gasteiger partial charge in [-0.15, -0.1) is 6.58 Å². The van der Waals surface area contributed by atoms with Gasteiger partial charge in [0.2, 0.25) is 0 Å². The molecule has 0 amide bonds. The number of carbonyl (C=O) groups excluding carboxylic acids is 1. The Kier molecular flexibility index (Phi) is 4.11. The molecule has 14 heavy (non-hydrogen) atoms. The Bertz CT molecular complexity index is 300. The van der Waals surface area contributed by atoms with Gasteiger partial charge in [-0.25, -0.2) is 0 Å². The highest BCUT2D eigenvalue weighted by atomic mass is 16.1. The van der Waals surface area contributed by atoms with E-state index in [1.54, 1.807) is 6.92 Å². The van der Waals surface area contributed by atoms with Crippen LogP contribution in [-0.2, 0) is 4.79 Å². The lowest BCUT2D eigenvalue weighted by molar-refractivity contribution is -0.117. The van der Waals surface area contributed by atoms with Crippen molar-refractivity contribution in [3.8, 4) is 0 Å². The van der Waals surface area contributed by atoms with Crippen LogP contribution >= 0.6 is 0 Å². The van der Waals surface area contributed by atoms with E-state index >= 15 is 0 Å². The summed E-state index contributed by atoms with van der Waals surface area (Å²) >= 11 is 0. The highest BCUT2D eigenvalue weighted by Gasteiger charge is 2.11. The van der Waals surface area contributed by atoms with Gasteiger partial charge in [-0.3, -0.25) is 0 Å². The van der Waals surface area contributed by atoms with Gasteiger partial charge >= 0.3 is 0 Å². The molecule has 1 aromatic rings. The van der Waals surface area contributed by atoms with Gasteiger partial charge in [0.25, 0.3) is 0 Å². The van der Waals surface area contributed by atoms with Crippen molar-refractivity contribution in [1.82, 2.24) is 0 Å². The first kappa shape index (κ1) is 10.7. The molecule has 0 radical (unpaired) electrons. The van der Waals surface area contributed by atoms with Crippen molar-refractivity contribution in [2.24, 2.45) is 0 Å². The van der Waals surface area contributed by atoms with E-state index in [9.17, 15) is 4.79 Å². The van der Waals surface area contributed by atoms with Crippen LogP contribution in [0.3, 0.4) is 0 Å². The van der Waals surface area contributed by atoms with Gasteiger partial charge in [-0.1, -0.05) is 36.4 Å². The third kappa shape index (κ3) is 3.17. The topological polar surface area (TPSA) is 17.1 Å². The molecule has 0 aromatic heterocycles. The summed E-state index contributed by atoms with van der Waals surface area (Å²) in [4.78, 5) is 11.1. The summed E-state index contributed by atoms with van der Waals surface area (Å²) < 4.78 is 0. The third-order valence-electron chi connectivity index (χ3n) is 2.26.